The molecule has 3 heterocycles. The number of aliphatic hydroxyl groups is 2. The number of aromatic nitrogens is 4. The number of rotatable bonds is 10. The average molecular weight is 618 g/mol. The molecule has 0 spiro atoms. The van der Waals surface area contributed by atoms with Gasteiger partial charge in [-0.1, -0.05) is 29.9 Å². The van der Waals surface area contributed by atoms with Gasteiger partial charge in [-0.05, 0) is 56.0 Å². The fraction of sp³-hybridized carbons (Fsp3) is 0.481. The molecular formula is C27H35N7O8S. The summed E-state index contributed by atoms with van der Waals surface area (Å²) in [6, 6.07) is 5.56. The molecule has 4 rings (SSSR count). The van der Waals surface area contributed by atoms with Gasteiger partial charge in [0.2, 0.25) is 0 Å². The highest BCUT2D eigenvalue weighted by Gasteiger charge is 2.35. The lowest BCUT2D eigenvalue weighted by Gasteiger charge is -2.15. The minimum absolute atomic E-state index is 0.0176. The molecule has 0 bridgehead atoms. The number of hydrogen-bond acceptors (Lipinski definition) is 10. The van der Waals surface area contributed by atoms with E-state index in [9.17, 15) is 19.2 Å². The first-order valence-corrected chi connectivity index (χ1v) is 14.3. The third kappa shape index (κ3) is 8.56. The summed E-state index contributed by atoms with van der Waals surface area (Å²) in [4.78, 5) is 55.5. The van der Waals surface area contributed by atoms with Crippen molar-refractivity contribution in [3.8, 4) is 0 Å². The van der Waals surface area contributed by atoms with Crippen LogP contribution >= 0.6 is 11.8 Å². The number of H-pyrrole nitrogens is 2. The number of nitrogens with zero attached hydrogens (tertiary/aromatic N) is 5. The molecule has 1 fully saturated rings. The van der Waals surface area contributed by atoms with Gasteiger partial charge >= 0.3 is 11.4 Å². The predicted octanol–water partition coefficient (Wildman–Crippen LogP) is 1.64. The molecule has 43 heavy (non-hydrogen) atoms. The normalized spacial score (nSPS) is 17.7. The average Bonchev–Trinajstić information content (AvgIpc) is 3.35. The zero-order valence-electron chi connectivity index (χ0n) is 24.3. The summed E-state index contributed by atoms with van der Waals surface area (Å²) in [5.74, 6) is 0. The van der Waals surface area contributed by atoms with Gasteiger partial charge < -0.3 is 19.7 Å². The Labute approximate surface area is 249 Å². The fourth-order valence-corrected chi connectivity index (χ4v) is 5.82. The van der Waals surface area contributed by atoms with E-state index in [-0.39, 0.29) is 38.5 Å². The van der Waals surface area contributed by atoms with Crippen LogP contribution in [0.1, 0.15) is 41.8 Å². The third-order valence-corrected chi connectivity index (χ3v) is 7.63. The lowest BCUT2D eigenvalue weighted by Crippen LogP contribution is -2.34. The molecule has 1 aromatic carbocycles. The van der Waals surface area contributed by atoms with Crippen molar-refractivity contribution in [1.82, 2.24) is 19.1 Å². The second kappa shape index (κ2) is 15.5. The maximum atomic E-state index is 12.2. The summed E-state index contributed by atoms with van der Waals surface area (Å²) < 4.78 is 13.4. The quantitative estimate of drug-likeness (QED) is 0.0853. The van der Waals surface area contributed by atoms with Crippen molar-refractivity contribution in [2.45, 2.75) is 75.6 Å². The van der Waals surface area contributed by atoms with Crippen molar-refractivity contribution in [3.05, 3.63) is 98.8 Å². The van der Waals surface area contributed by atoms with Gasteiger partial charge in [0.05, 0.1) is 37.0 Å². The number of ether oxygens (including phenoxy) is 2. The maximum absolute atomic E-state index is 12.2. The third-order valence-electron chi connectivity index (χ3n) is 6.50. The first-order chi connectivity index (χ1) is 20.5. The Morgan fingerprint density at radius 2 is 1.77 bits per heavy atom. The van der Waals surface area contributed by atoms with Crippen LogP contribution in [0.25, 0.3) is 10.4 Å². The second-order valence-corrected chi connectivity index (χ2v) is 10.9. The summed E-state index contributed by atoms with van der Waals surface area (Å²) in [6.45, 7) is 7.13. The molecule has 4 N–H and O–H groups in total. The van der Waals surface area contributed by atoms with Crippen molar-refractivity contribution in [3.63, 3.8) is 0 Å². The lowest BCUT2D eigenvalue weighted by molar-refractivity contribution is -0.0271. The van der Waals surface area contributed by atoms with E-state index in [1.807, 2.05) is 32.9 Å². The molecule has 16 heteroatoms. The Balaban J connectivity index is 0.000000242. The van der Waals surface area contributed by atoms with E-state index in [1.165, 1.54) is 27.1 Å². The molecule has 1 aliphatic heterocycles. The van der Waals surface area contributed by atoms with Crippen molar-refractivity contribution in [2.24, 2.45) is 5.11 Å². The number of nitrogens with one attached hydrogen (secondary N) is 2. The van der Waals surface area contributed by atoms with E-state index in [2.05, 4.69) is 26.1 Å². The van der Waals surface area contributed by atoms with Crippen LogP contribution in [0.5, 0.6) is 0 Å². The number of aromatic amines is 2. The summed E-state index contributed by atoms with van der Waals surface area (Å²) in [5.41, 5.74) is 9.66. The van der Waals surface area contributed by atoms with Gasteiger partial charge in [-0.2, -0.15) is 0 Å². The van der Waals surface area contributed by atoms with E-state index in [0.29, 0.717) is 22.6 Å². The minimum atomic E-state index is -0.671. The van der Waals surface area contributed by atoms with Crippen LogP contribution in [0.3, 0.4) is 0 Å². The van der Waals surface area contributed by atoms with Gasteiger partial charge in [0, 0.05) is 33.6 Å². The molecular weight excluding hydrogens is 582 g/mol. The van der Waals surface area contributed by atoms with Crippen molar-refractivity contribution in [1.29, 1.82) is 0 Å². The van der Waals surface area contributed by atoms with Gasteiger partial charge in [0.15, 0.2) is 0 Å². The molecule has 0 unspecified atom stereocenters. The minimum Gasteiger partial charge on any atom is -0.394 e. The SMILES string of the molecule is CCc1c(Sc2cc(C)cc(C)c2)n(COCCO)c(=O)[nH]c1=O.Cc1cn([C@H]2C[C@H](N=[N+]=[N-])[C@@H](CO)O2)c(=O)[nH]c1=O. The van der Waals surface area contributed by atoms with Crippen LogP contribution in [0.4, 0.5) is 0 Å². The first-order valence-electron chi connectivity index (χ1n) is 13.5. The molecule has 3 atom stereocenters. The summed E-state index contributed by atoms with van der Waals surface area (Å²) >= 11 is 1.38. The molecule has 3 aromatic rings. The van der Waals surface area contributed by atoms with Gasteiger partial charge in [0.1, 0.15) is 13.0 Å². The van der Waals surface area contributed by atoms with Crippen LogP contribution < -0.4 is 22.5 Å². The molecule has 1 saturated heterocycles. The van der Waals surface area contributed by atoms with Gasteiger partial charge in [-0.3, -0.25) is 28.7 Å². The summed E-state index contributed by atoms with van der Waals surface area (Å²) in [5, 5.41) is 22.1. The molecule has 0 radical (unpaired) electrons. The van der Waals surface area contributed by atoms with E-state index < -0.39 is 35.3 Å². The second-order valence-electron chi connectivity index (χ2n) is 9.81. The lowest BCUT2D eigenvalue weighted by atomic mass is 10.1. The Bertz CT molecular complexity index is 1690. The van der Waals surface area contributed by atoms with E-state index >= 15 is 0 Å². The van der Waals surface area contributed by atoms with Crippen molar-refractivity contribution < 1.29 is 19.7 Å². The standard InChI is InChI=1S/C17H22N2O4S.C10H13N5O4/c1-4-14-15(21)18-17(22)19(10-23-6-5-20)16(14)24-13-8-11(2)7-12(3)9-13;1-5-3-15(10(18)12-9(5)17)8-2-6(13-14-11)7(4-16)19-8/h7-9,20H,4-6,10H2,1-3H3,(H,18,21,22);3,6-8,16H,2,4H2,1H3,(H,12,17,18)/t;6-,7+,8+/m.0/s1. The molecule has 1 aliphatic rings. The van der Waals surface area contributed by atoms with Gasteiger partial charge in [0.25, 0.3) is 11.1 Å². The Hall–Kier alpha value is -3.92. The maximum Gasteiger partial charge on any atom is 0.331 e. The van der Waals surface area contributed by atoms with Gasteiger partial charge in [-0.15, -0.1) is 0 Å². The smallest absolute Gasteiger partial charge is 0.331 e. The summed E-state index contributed by atoms with van der Waals surface area (Å²) in [7, 11) is 0. The number of benzene rings is 1. The molecule has 2 aromatic heterocycles. The number of azide groups is 1. The highest BCUT2D eigenvalue weighted by atomic mass is 32.2. The number of aliphatic hydroxyl groups excluding tert-OH is 2. The highest BCUT2D eigenvalue weighted by molar-refractivity contribution is 7.99. The van der Waals surface area contributed by atoms with Gasteiger partial charge in [-0.25, -0.2) is 9.59 Å². The van der Waals surface area contributed by atoms with Crippen molar-refractivity contribution in [2.75, 3.05) is 19.8 Å². The number of hydrogen-bond donors (Lipinski definition) is 4. The molecule has 0 saturated carbocycles. The topological polar surface area (TPSA) is 217 Å². The largest absolute Gasteiger partial charge is 0.394 e. The first kappa shape index (κ1) is 33.6. The van der Waals surface area contributed by atoms with Crippen LogP contribution in [-0.4, -0.2) is 61.3 Å². The Morgan fingerprint density at radius 3 is 2.37 bits per heavy atom. The molecule has 15 nitrogen and oxygen atoms in total. The van der Waals surface area contributed by atoms with E-state index in [4.69, 9.17) is 25.2 Å². The fourth-order valence-electron chi connectivity index (χ4n) is 4.50. The zero-order valence-corrected chi connectivity index (χ0v) is 25.1. The van der Waals surface area contributed by atoms with Crippen molar-refractivity contribution >= 4 is 11.8 Å². The zero-order chi connectivity index (χ0) is 31.7. The highest BCUT2D eigenvalue weighted by Crippen LogP contribution is 2.31. The van der Waals surface area contributed by atoms with E-state index in [1.54, 1.807) is 6.92 Å². The van der Waals surface area contributed by atoms with E-state index in [0.717, 1.165) is 16.0 Å². The monoisotopic (exact) mass is 617 g/mol. The predicted molar refractivity (Wildman–Crippen MR) is 158 cm³/mol. The number of aryl methyl sites for hydroxylation is 3. The van der Waals surface area contributed by atoms with Crippen LogP contribution in [0.15, 0.2) is 58.6 Å². The Morgan fingerprint density at radius 1 is 1.09 bits per heavy atom. The molecule has 0 amide bonds. The Kier molecular flexibility index (Phi) is 12.1. The van der Waals surface area contributed by atoms with Crippen LogP contribution in [0, 0.1) is 20.8 Å². The molecule has 232 valence electrons. The molecule has 0 aliphatic carbocycles. The summed E-state index contributed by atoms with van der Waals surface area (Å²) in [6.07, 6.45) is 0.832. The van der Waals surface area contributed by atoms with Crippen LogP contribution in [-0.2, 0) is 22.6 Å². The van der Waals surface area contributed by atoms with Crippen LogP contribution in [0.2, 0.25) is 0 Å².